The molecule has 2 nitrogen and oxygen atoms in total. The molecule has 2 heterocycles. The minimum Gasteiger partial charge on any atom is -0.317 e. The molecule has 2 aliphatic heterocycles. The van der Waals surface area contributed by atoms with Crippen molar-refractivity contribution in [3.05, 3.63) is 6.92 Å². The van der Waals surface area contributed by atoms with Crippen molar-refractivity contribution >= 4 is 0 Å². The van der Waals surface area contributed by atoms with Gasteiger partial charge in [0.1, 0.15) is 0 Å². The monoisotopic (exact) mass is 209 g/mol. The van der Waals surface area contributed by atoms with Crippen molar-refractivity contribution in [3.63, 3.8) is 0 Å². The van der Waals surface area contributed by atoms with Gasteiger partial charge in [0.15, 0.2) is 0 Å². The van der Waals surface area contributed by atoms with Crippen LogP contribution in [-0.2, 0) is 0 Å². The highest BCUT2D eigenvalue weighted by Crippen LogP contribution is 2.38. The largest absolute Gasteiger partial charge is 0.317 e. The van der Waals surface area contributed by atoms with E-state index in [1.807, 2.05) is 0 Å². The molecule has 0 aromatic heterocycles. The third-order valence-corrected chi connectivity index (χ3v) is 4.54. The Kier molecular flexibility index (Phi) is 3.68. The maximum atomic E-state index is 4.20. The quantitative estimate of drug-likeness (QED) is 0.765. The van der Waals surface area contributed by atoms with Crippen molar-refractivity contribution in [1.29, 1.82) is 0 Å². The molecule has 0 amide bonds. The molecule has 1 unspecified atom stereocenters. The molecule has 0 bridgehead atoms. The topological polar surface area (TPSA) is 15.3 Å². The minimum atomic E-state index is 0.446. The lowest BCUT2D eigenvalue weighted by atomic mass is 9.79. The molecular weight excluding hydrogens is 184 g/mol. The van der Waals surface area contributed by atoms with Crippen LogP contribution in [-0.4, -0.2) is 37.1 Å². The number of hydrogen-bond donors (Lipinski definition) is 1. The Morgan fingerprint density at radius 2 is 2.13 bits per heavy atom. The molecule has 2 rings (SSSR count). The zero-order chi connectivity index (χ0) is 10.7. The van der Waals surface area contributed by atoms with Gasteiger partial charge in [0, 0.05) is 5.54 Å². The summed E-state index contributed by atoms with van der Waals surface area (Å²) in [6, 6.07) is 0. The summed E-state index contributed by atoms with van der Waals surface area (Å²) < 4.78 is 0. The van der Waals surface area contributed by atoms with Crippen molar-refractivity contribution in [1.82, 2.24) is 10.2 Å². The highest BCUT2D eigenvalue weighted by Gasteiger charge is 2.38. The van der Waals surface area contributed by atoms with Crippen molar-refractivity contribution in [2.24, 2.45) is 5.92 Å². The maximum absolute atomic E-state index is 4.20. The van der Waals surface area contributed by atoms with Crippen molar-refractivity contribution < 1.29 is 0 Å². The molecule has 2 aliphatic rings. The van der Waals surface area contributed by atoms with Crippen LogP contribution in [0.1, 0.15) is 38.5 Å². The second kappa shape index (κ2) is 4.84. The highest BCUT2D eigenvalue weighted by molar-refractivity contribution is 4.96. The Bertz CT molecular complexity index is 199. The fourth-order valence-electron chi connectivity index (χ4n) is 3.37. The summed E-state index contributed by atoms with van der Waals surface area (Å²) in [7, 11) is 2.29. The Morgan fingerprint density at radius 3 is 2.67 bits per heavy atom. The van der Waals surface area contributed by atoms with Crippen molar-refractivity contribution in [2.45, 2.75) is 44.1 Å². The van der Waals surface area contributed by atoms with Crippen LogP contribution in [0.5, 0.6) is 0 Å². The molecule has 15 heavy (non-hydrogen) atoms. The molecule has 2 heteroatoms. The van der Waals surface area contributed by atoms with Crippen LogP contribution in [0, 0.1) is 12.8 Å². The van der Waals surface area contributed by atoms with Gasteiger partial charge >= 0.3 is 0 Å². The summed E-state index contributed by atoms with van der Waals surface area (Å²) in [5.41, 5.74) is 0.446. The van der Waals surface area contributed by atoms with E-state index in [2.05, 4.69) is 24.2 Å². The number of nitrogens with zero attached hydrogens (tertiary/aromatic N) is 1. The van der Waals surface area contributed by atoms with Gasteiger partial charge in [-0.1, -0.05) is 6.92 Å². The van der Waals surface area contributed by atoms with Gasteiger partial charge in [-0.15, -0.1) is 0 Å². The van der Waals surface area contributed by atoms with E-state index in [0.29, 0.717) is 5.54 Å². The van der Waals surface area contributed by atoms with Crippen LogP contribution in [0.3, 0.4) is 0 Å². The van der Waals surface area contributed by atoms with Crippen LogP contribution in [0.4, 0.5) is 0 Å². The minimum absolute atomic E-state index is 0.446. The van der Waals surface area contributed by atoms with E-state index in [9.17, 15) is 0 Å². The smallest absolute Gasteiger partial charge is 0.0209 e. The molecule has 0 aliphatic carbocycles. The third kappa shape index (κ3) is 2.36. The second-order valence-electron chi connectivity index (χ2n) is 5.40. The van der Waals surface area contributed by atoms with E-state index in [1.165, 1.54) is 51.7 Å². The molecule has 87 valence electrons. The number of rotatable bonds is 3. The molecular formula is C13H25N2. The zero-order valence-corrected chi connectivity index (χ0v) is 10.1. The summed E-state index contributed by atoms with van der Waals surface area (Å²) in [4.78, 5) is 2.57. The first-order valence-corrected chi connectivity index (χ1v) is 6.48. The Morgan fingerprint density at radius 1 is 1.40 bits per heavy atom. The molecule has 0 aromatic carbocycles. The van der Waals surface area contributed by atoms with Crippen LogP contribution >= 0.6 is 0 Å². The average molecular weight is 209 g/mol. The summed E-state index contributed by atoms with van der Waals surface area (Å²) in [5, 5.41) is 3.45. The number of piperidine rings is 1. The molecule has 1 atom stereocenters. The lowest BCUT2D eigenvalue weighted by Crippen LogP contribution is -2.44. The maximum Gasteiger partial charge on any atom is 0.0209 e. The van der Waals surface area contributed by atoms with Gasteiger partial charge in [0.25, 0.3) is 0 Å². The standard InChI is InChI=1S/C13H25N2/c1-3-13(7-4-10-15(13)2)11-12-5-8-14-9-6-12/h12,14H,1,3-11H2,2H3. The van der Waals surface area contributed by atoms with Gasteiger partial charge in [0.2, 0.25) is 0 Å². The normalized spacial score (nSPS) is 34.8. The van der Waals surface area contributed by atoms with Crippen molar-refractivity contribution in [3.8, 4) is 0 Å². The van der Waals surface area contributed by atoms with E-state index in [1.54, 1.807) is 0 Å². The van der Waals surface area contributed by atoms with Crippen LogP contribution < -0.4 is 5.32 Å². The van der Waals surface area contributed by atoms with Gasteiger partial charge < -0.3 is 10.2 Å². The average Bonchev–Trinajstić information content (AvgIpc) is 2.62. The number of hydrogen-bond acceptors (Lipinski definition) is 2. The van der Waals surface area contributed by atoms with E-state index in [0.717, 1.165) is 12.3 Å². The summed E-state index contributed by atoms with van der Waals surface area (Å²) in [5.74, 6) is 0.938. The fraction of sp³-hybridized carbons (Fsp3) is 0.923. The van der Waals surface area contributed by atoms with Gasteiger partial charge in [-0.25, -0.2) is 0 Å². The first-order valence-electron chi connectivity index (χ1n) is 6.48. The van der Waals surface area contributed by atoms with E-state index in [4.69, 9.17) is 0 Å². The van der Waals surface area contributed by atoms with Gasteiger partial charge in [-0.2, -0.15) is 0 Å². The lowest BCUT2D eigenvalue weighted by Gasteiger charge is -2.39. The Balaban J connectivity index is 1.94. The zero-order valence-electron chi connectivity index (χ0n) is 10.1. The first kappa shape index (κ1) is 11.4. The SMILES string of the molecule is [CH2]CC1(CC2CCNCC2)CCCN1C. The summed E-state index contributed by atoms with van der Waals surface area (Å²) >= 11 is 0. The predicted octanol–water partition coefficient (Wildman–Crippen LogP) is 2.06. The van der Waals surface area contributed by atoms with Crippen molar-refractivity contribution in [2.75, 3.05) is 26.7 Å². The number of nitrogens with one attached hydrogen (secondary N) is 1. The van der Waals surface area contributed by atoms with Crippen LogP contribution in [0.25, 0.3) is 0 Å². The Hall–Kier alpha value is -0.0800. The van der Waals surface area contributed by atoms with Gasteiger partial charge in [-0.3, -0.25) is 0 Å². The van der Waals surface area contributed by atoms with Crippen LogP contribution in [0.15, 0.2) is 0 Å². The van der Waals surface area contributed by atoms with Gasteiger partial charge in [-0.05, 0) is 71.1 Å². The van der Waals surface area contributed by atoms with E-state index in [-0.39, 0.29) is 0 Å². The second-order valence-corrected chi connectivity index (χ2v) is 5.40. The highest BCUT2D eigenvalue weighted by atomic mass is 15.2. The predicted molar refractivity (Wildman–Crippen MR) is 64.8 cm³/mol. The Labute approximate surface area is 94.4 Å². The van der Waals surface area contributed by atoms with E-state index < -0.39 is 0 Å². The first-order chi connectivity index (χ1) is 7.27. The molecule has 0 saturated carbocycles. The van der Waals surface area contributed by atoms with E-state index >= 15 is 0 Å². The summed E-state index contributed by atoms with van der Waals surface area (Å²) in [6.07, 6.45) is 7.96. The molecule has 0 spiro atoms. The lowest BCUT2D eigenvalue weighted by molar-refractivity contribution is 0.125. The number of likely N-dealkylation sites (tertiary alicyclic amines) is 1. The van der Waals surface area contributed by atoms with Crippen LogP contribution in [0.2, 0.25) is 0 Å². The third-order valence-electron chi connectivity index (χ3n) is 4.54. The van der Waals surface area contributed by atoms with Gasteiger partial charge in [0.05, 0.1) is 0 Å². The molecule has 0 aromatic rings. The molecule has 2 fully saturated rings. The molecule has 1 radical (unpaired) electrons. The summed E-state index contributed by atoms with van der Waals surface area (Å²) in [6.45, 7) is 7.92. The fourth-order valence-corrected chi connectivity index (χ4v) is 3.37. The molecule has 2 saturated heterocycles. The molecule has 1 N–H and O–H groups in total.